The zero-order valence-corrected chi connectivity index (χ0v) is 20.7. The number of carboxylic acids is 1. The van der Waals surface area contributed by atoms with E-state index in [1.54, 1.807) is 18.2 Å². The van der Waals surface area contributed by atoms with Gasteiger partial charge in [0, 0.05) is 22.9 Å². The Balaban J connectivity index is 1.53. The largest absolute Gasteiger partial charge is 0.481 e. The van der Waals surface area contributed by atoms with E-state index in [4.69, 9.17) is 25.5 Å². The first-order chi connectivity index (χ1) is 17.0. The Morgan fingerprint density at radius 2 is 1.94 bits per heavy atom. The molecule has 2 saturated carbocycles. The van der Waals surface area contributed by atoms with Gasteiger partial charge in [-0.15, -0.1) is 0 Å². The van der Waals surface area contributed by atoms with Gasteiger partial charge in [0.2, 0.25) is 0 Å². The van der Waals surface area contributed by atoms with Crippen molar-refractivity contribution >= 4 is 35.3 Å². The summed E-state index contributed by atoms with van der Waals surface area (Å²) in [6.45, 7) is 3.68. The van der Waals surface area contributed by atoms with E-state index in [2.05, 4.69) is 0 Å². The summed E-state index contributed by atoms with van der Waals surface area (Å²) in [5.41, 5.74) is -0.955. The Hall–Kier alpha value is -3.13. The summed E-state index contributed by atoms with van der Waals surface area (Å²) >= 11 is 6.00. The summed E-state index contributed by atoms with van der Waals surface area (Å²) in [6, 6.07) is 7.86. The fourth-order valence-electron chi connectivity index (χ4n) is 6.95. The molecule has 1 aromatic carbocycles. The number of Topliss-reactive ketones (excluding diaryl/α,β-unsaturated/α-hetero) is 1. The number of rotatable bonds is 4. The molecule has 36 heavy (non-hydrogen) atoms. The van der Waals surface area contributed by atoms with Crippen molar-refractivity contribution in [2.75, 3.05) is 0 Å². The van der Waals surface area contributed by atoms with Gasteiger partial charge in [-0.05, 0) is 54.4 Å². The molecule has 0 bridgehead atoms. The van der Waals surface area contributed by atoms with Gasteiger partial charge in [0.1, 0.15) is 6.10 Å². The van der Waals surface area contributed by atoms with Crippen LogP contribution in [-0.4, -0.2) is 34.9 Å². The third kappa shape index (κ3) is 3.82. The van der Waals surface area contributed by atoms with Crippen LogP contribution in [0.25, 0.3) is 0 Å². The molecule has 8 nitrogen and oxygen atoms in total. The van der Waals surface area contributed by atoms with Crippen LogP contribution in [0.5, 0.6) is 0 Å². The molecule has 1 aliphatic heterocycles. The van der Waals surface area contributed by atoms with Gasteiger partial charge in [-0.25, -0.2) is 4.79 Å². The lowest BCUT2D eigenvalue weighted by Gasteiger charge is -2.60. The van der Waals surface area contributed by atoms with E-state index < -0.39 is 58.7 Å². The van der Waals surface area contributed by atoms with Crippen LogP contribution in [-0.2, 0) is 23.9 Å². The number of halogens is 1. The average molecular weight is 515 g/mol. The van der Waals surface area contributed by atoms with E-state index in [0.717, 1.165) is 0 Å². The van der Waals surface area contributed by atoms with Crippen molar-refractivity contribution < 1.29 is 38.2 Å². The molecule has 2 aliphatic carbocycles. The average Bonchev–Trinajstić information content (AvgIpc) is 3.35. The number of furan rings is 1. The molecule has 7 atom stereocenters. The second-order valence-corrected chi connectivity index (χ2v) is 11.1. The van der Waals surface area contributed by atoms with Crippen LogP contribution in [0.15, 0.2) is 47.3 Å². The molecule has 190 valence electrons. The maximum absolute atomic E-state index is 14.1. The summed E-state index contributed by atoms with van der Waals surface area (Å²) in [7, 11) is 0. The van der Waals surface area contributed by atoms with Crippen molar-refractivity contribution in [3.8, 4) is 0 Å². The van der Waals surface area contributed by atoms with Crippen LogP contribution in [0.1, 0.15) is 61.6 Å². The van der Waals surface area contributed by atoms with Gasteiger partial charge < -0.3 is 19.0 Å². The van der Waals surface area contributed by atoms with Crippen molar-refractivity contribution in [3.63, 3.8) is 0 Å². The number of hydrogen-bond donors (Lipinski definition) is 1. The van der Waals surface area contributed by atoms with Crippen molar-refractivity contribution in [2.45, 2.75) is 51.7 Å². The molecule has 1 saturated heterocycles. The standard InChI is InChI=1S/C27H27ClO8/c1-26-8-6-17-25(33)36-20(15-7-9-34-13-15)12-27(17,2)22(26)21(29)19(11-18(26)23(30)31)35-24(32)14-4-3-5-16(28)10-14/h3-5,7,9-10,13,17-20,22H,6,8,11-12H2,1-2H3,(H,30,31). The molecule has 2 aromatic rings. The highest BCUT2D eigenvalue weighted by Gasteiger charge is 2.67. The first kappa shape index (κ1) is 24.6. The quantitative estimate of drug-likeness (QED) is 0.574. The third-order valence-electron chi connectivity index (χ3n) is 8.63. The molecule has 1 aromatic heterocycles. The monoisotopic (exact) mass is 514 g/mol. The predicted molar refractivity (Wildman–Crippen MR) is 126 cm³/mol. The molecular formula is C27H27ClO8. The summed E-state index contributed by atoms with van der Waals surface area (Å²) in [5, 5.41) is 10.5. The van der Waals surface area contributed by atoms with E-state index in [1.807, 2.05) is 13.8 Å². The molecular weight excluding hydrogens is 488 g/mol. The smallest absolute Gasteiger partial charge is 0.338 e. The minimum atomic E-state index is -1.25. The summed E-state index contributed by atoms with van der Waals surface area (Å²) in [5.74, 6) is -4.88. The van der Waals surface area contributed by atoms with E-state index in [-0.39, 0.29) is 17.8 Å². The first-order valence-corrected chi connectivity index (χ1v) is 12.4. The fraction of sp³-hybridized carbons (Fsp3) is 0.481. The lowest BCUT2D eigenvalue weighted by atomic mass is 9.43. The van der Waals surface area contributed by atoms with E-state index >= 15 is 0 Å². The van der Waals surface area contributed by atoms with Crippen LogP contribution in [0.4, 0.5) is 0 Å². The number of benzene rings is 1. The predicted octanol–water partition coefficient (Wildman–Crippen LogP) is 4.86. The van der Waals surface area contributed by atoms with Gasteiger partial charge >= 0.3 is 17.9 Å². The zero-order valence-electron chi connectivity index (χ0n) is 19.9. The topological polar surface area (TPSA) is 120 Å². The van der Waals surface area contributed by atoms with Crippen LogP contribution in [0, 0.1) is 28.6 Å². The number of ketones is 1. The lowest BCUT2D eigenvalue weighted by molar-refractivity contribution is -0.207. The normalized spacial score (nSPS) is 35.8. The third-order valence-corrected chi connectivity index (χ3v) is 8.86. The number of ether oxygens (including phenoxy) is 2. The maximum atomic E-state index is 14.1. The van der Waals surface area contributed by atoms with Gasteiger partial charge in [0.25, 0.3) is 0 Å². The number of esters is 2. The van der Waals surface area contributed by atoms with Gasteiger partial charge in [-0.3, -0.25) is 14.4 Å². The molecule has 2 heterocycles. The van der Waals surface area contributed by atoms with Gasteiger partial charge in [-0.2, -0.15) is 0 Å². The second-order valence-electron chi connectivity index (χ2n) is 10.7. The van der Waals surface area contributed by atoms with Crippen molar-refractivity contribution in [1.29, 1.82) is 0 Å². The van der Waals surface area contributed by atoms with E-state index in [9.17, 15) is 24.3 Å². The Morgan fingerprint density at radius 1 is 1.17 bits per heavy atom. The molecule has 3 aliphatic rings. The molecule has 5 rings (SSSR count). The summed E-state index contributed by atoms with van der Waals surface area (Å²) in [4.78, 5) is 52.6. The molecule has 7 unspecified atom stereocenters. The number of aliphatic carboxylic acids is 1. The summed E-state index contributed by atoms with van der Waals surface area (Å²) in [6.07, 6.45) is 2.12. The molecule has 1 N–H and O–H groups in total. The molecule has 0 radical (unpaired) electrons. The molecule has 9 heteroatoms. The Kier molecular flexibility index (Phi) is 5.98. The molecule has 0 spiro atoms. The lowest BCUT2D eigenvalue weighted by Crippen LogP contribution is -2.64. The number of fused-ring (bicyclic) bond motifs is 3. The van der Waals surface area contributed by atoms with Crippen LogP contribution in [0.2, 0.25) is 5.02 Å². The highest BCUT2D eigenvalue weighted by molar-refractivity contribution is 6.30. The number of cyclic esters (lactones) is 1. The van der Waals surface area contributed by atoms with E-state index in [0.29, 0.717) is 29.8 Å². The van der Waals surface area contributed by atoms with Crippen LogP contribution < -0.4 is 0 Å². The minimum absolute atomic E-state index is 0.121. The van der Waals surface area contributed by atoms with E-state index in [1.165, 1.54) is 24.7 Å². The molecule has 3 fully saturated rings. The number of carbonyl (C=O) groups is 4. The van der Waals surface area contributed by atoms with Crippen LogP contribution >= 0.6 is 11.6 Å². The first-order valence-electron chi connectivity index (χ1n) is 12.0. The number of carbonyl (C=O) groups excluding carboxylic acids is 3. The SMILES string of the molecule is CC12CCC3C(=O)OC(c4ccoc4)CC3(C)C1C(=O)C(OC(=O)c1cccc(Cl)c1)CC2C(=O)O. The highest BCUT2D eigenvalue weighted by Crippen LogP contribution is 2.65. The summed E-state index contributed by atoms with van der Waals surface area (Å²) < 4.78 is 16.5. The van der Waals surface area contributed by atoms with Crippen molar-refractivity contribution in [3.05, 3.63) is 59.0 Å². The Labute approximate surface area is 212 Å². The second kappa shape index (κ2) is 8.76. The van der Waals surface area contributed by atoms with Gasteiger partial charge in [0.05, 0.1) is 29.9 Å². The Bertz CT molecular complexity index is 1220. The number of carboxylic acid groups (broad SMARTS) is 1. The minimum Gasteiger partial charge on any atom is -0.481 e. The van der Waals surface area contributed by atoms with Crippen molar-refractivity contribution in [1.82, 2.24) is 0 Å². The maximum Gasteiger partial charge on any atom is 0.338 e. The zero-order chi connectivity index (χ0) is 25.8. The fourth-order valence-corrected chi connectivity index (χ4v) is 7.14. The van der Waals surface area contributed by atoms with Crippen LogP contribution in [0.3, 0.4) is 0 Å². The van der Waals surface area contributed by atoms with Gasteiger partial charge in [0.15, 0.2) is 11.9 Å². The van der Waals surface area contributed by atoms with Gasteiger partial charge in [-0.1, -0.05) is 31.5 Å². The highest BCUT2D eigenvalue weighted by atomic mass is 35.5. The Morgan fingerprint density at radius 3 is 2.61 bits per heavy atom. The number of hydrogen-bond acceptors (Lipinski definition) is 7. The molecule has 0 amide bonds. The van der Waals surface area contributed by atoms with Crippen molar-refractivity contribution in [2.24, 2.45) is 28.6 Å².